The summed E-state index contributed by atoms with van der Waals surface area (Å²) in [4.78, 5) is 14.4. The molecule has 0 N–H and O–H groups in total. The van der Waals surface area contributed by atoms with E-state index in [-0.39, 0.29) is 19.2 Å². The van der Waals surface area contributed by atoms with Crippen molar-refractivity contribution in [3.8, 4) is 0 Å². The van der Waals surface area contributed by atoms with Gasteiger partial charge in [0, 0.05) is 50.3 Å². The molecule has 7 nitrogen and oxygen atoms in total. The third-order valence-electron chi connectivity index (χ3n) is 8.11. The fourth-order valence-electron chi connectivity index (χ4n) is 5.43. The number of alkyl halides is 3. The van der Waals surface area contributed by atoms with E-state index in [4.69, 9.17) is 14.2 Å². The van der Waals surface area contributed by atoms with Crippen LogP contribution in [0.3, 0.4) is 0 Å². The molecule has 0 spiro atoms. The van der Waals surface area contributed by atoms with Gasteiger partial charge in [0.05, 0.1) is 23.8 Å². The quantitative estimate of drug-likeness (QED) is 0.125. The molecule has 248 valence electrons. The van der Waals surface area contributed by atoms with Gasteiger partial charge in [0.2, 0.25) is 0 Å². The zero-order chi connectivity index (χ0) is 33.2. The minimum Gasteiger partial charge on any atom is -0.444 e. The molecular formula is C33H45F4N3O4Si. The van der Waals surface area contributed by atoms with E-state index < -0.39 is 43.0 Å². The number of likely N-dealkylation sites (tertiary alicyclic amines) is 1. The summed E-state index contributed by atoms with van der Waals surface area (Å²) in [7, 11) is -1.30. The highest BCUT2D eigenvalue weighted by atomic mass is 28.3. The van der Waals surface area contributed by atoms with Crippen LogP contribution < -0.4 is 0 Å². The molecule has 0 radical (unpaired) electrons. The lowest BCUT2D eigenvalue weighted by molar-refractivity contribution is -0.137. The Kier molecular flexibility index (Phi) is 10.4. The first-order chi connectivity index (χ1) is 20.9. The van der Waals surface area contributed by atoms with E-state index >= 15 is 0 Å². The molecule has 1 fully saturated rings. The average molecular weight is 652 g/mol. The van der Waals surface area contributed by atoms with E-state index in [0.29, 0.717) is 49.0 Å². The molecule has 2 heterocycles. The second kappa shape index (κ2) is 13.4. The number of halogens is 4. The molecule has 12 heteroatoms. The fraction of sp³-hybridized carbons (Fsp3) is 0.576. The number of benzene rings is 2. The van der Waals surface area contributed by atoms with E-state index in [2.05, 4.69) is 24.7 Å². The number of nitrogens with zero attached hydrogens (tertiary/aromatic N) is 3. The summed E-state index contributed by atoms with van der Waals surface area (Å²) >= 11 is 0. The van der Waals surface area contributed by atoms with Gasteiger partial charge in [-0.05, 0) is 76.4 Å². The van der Waals surface area contributed by atoms with Gasteiger partial charge in [0.25, 0.3) is 0 Å². The van der Waals surface area contributed by atoms with Crippen molar-refractivity contribution in [2.45, 2.75) is 96.2 Å². The predicted octanol–water partition coefficient (Wildman–Crippen LogP) is 8.55. The first-order valence-electron chi connectivity index (χ1n) is 15.4. The third-order valence-corrected chi connectivity index (χ3v) is 9.81. The Bertz CT molecular complexity index is 1450. The van der Waals surface area contributed by atoms with Crippen LogP contribution in [0.15, 0.2) is 42.6 Å². The van der Waals surface area contributed by atoms with E-state index in [1.807, 2.05) is 20.8 Å². The van der Waals surface area contributed by atoms with Crippen molar-refractivity contribution in [2.24, 2.45) is 0 Å². The standard InChI is InChI=1S/C33H45F4N3O4Si/c1-23(28-19-26(33(35,36)37)18-24-20-40(38-29(24)28)22-42-16-17-45(5,6)7)43-21-32(25-8-10-27(34)11-9-25)12-14-39(15-13-32)30(41)44-31(2,3)4/h8-11,18-20,23H,12-17,21-22H2,1-7H3. The van der Waals surface area contributed by atoms with Gasteiger partial charge in [0.1, 0.15) is 18.1 Å². The molecule has 1 aromatic heterocycles. The summed E-state index contributed by atoms with van der Waals surface area (Å²) in [6, 6.07) is 9.35. The number of hydrogen-bond acceptors (Lipinski definition) is 5. The van der Waals surface area contributed by atoms with Crippen LogP contribution in [0, 0.1) is 5.82 Å². The van der Waals surface area contributed by atoms with Gasteiger partial charge in [-0.15, -0.1) is 0 Å². The number of rotatable bonds is 10. The zero-order valence-corrected chi connectivity index (χ0v) is 28.3. The Morgan fingerprint density at radius 1 is 1.07 bits per heavy atom. The highest BCUT2D eigenvalue weighted by Crippen LogP contribution is 2.40. The van der Waals surface area contributed by atoms with Crippen LogP contribution in [0.25, 0.3) is 10.9 Å². The molecule has 1 aliphatic rings. The lowest BCUT2D eigenvalue weighted by Gasteiger charge is -2.42. The maximum absolute atomic E-state index is 14.0. The summed E-state index contributed by atoms with van der Waals surface area (Å²) in [5.74, 6) is -0.374. The van der Waals surface area contributed by atoms with Crippen LogP contribution in [-0.2, 0) is 32.5 Å². The second-order valence-corrected chi connectivity index (χ2v) is 19.8. The summed E-state index contributed by atoms with van der Waals surface area (Å²) in [5.41, 5.74) is -0.427. The van der Waals surface area contributed by atoms with E-state index in [9.17, 15) is 22.4 Å². The lowest BCUT2D eigenvalue weighted by Crippen LogP contribution is -2.48. The Hall–Kier alpha value is -2.96. The number of hydrogen-bond donors (Lipinski definition) is 0. The van der Waals surface area contributed by atoms with E-state index in [1.165, 1.54) is 16.8 Å². The van der Waals surface area contributed by atoms with Crippen LogP contribution >= 0.6 is 0 Å². The summed E-state index contributed by atoms with van der Waals surface area (Å²) in [5, 5.41) is 4.94. The van der Waals surface area contributed by atoms with Crippen LogP contribution in [0.1, 0.15) is 63.3 Å². The number of ether oxygens (including phenoxy) is 3. The number of amides is 1. The van der Waals surface area contributed by atoms with Crippen LogP contribution in [0.5, 0.6) is 0 Å². The predicted molar refractivity (Wildman–Crippen MR) is 168 cm³/mol. The Morgan fingerprint density at radius 2 is 1.71 bits per heavy atom. The zero-order valence-electron chi connectivity index (χ0n) is 27.3. The van der Waals surface area contributed by atoms with Crippen LogP contribution in [-0.4, -0.2) is 60.8 Å². The molecule has 1 atom stereocenters. The monoisotopic (exact) mass is 651 g/mol. The largest absolute Gasteiger partial charge is 0.444 e. The second-order valence-electron chi connectivity index (χ2n) is 14.2. The maximum Gasteiger partial charge on any atom is 0.416 e. The van der Waals surface area contributed by atoms with Crippen molar-refractivity contribution in [1.82, 2.24) is 14.7 Å². The Balaban J connectivity index is 1.57. The molecule has 1 amide bonds. The normalized spacial score (nSPS) is 16.6. The molecule has 0 bridgehead atoms. The van der Waals surface area contributed by atoms with Gasteiger partial charge in [-0.1, -0.05) is 31.8 Å². The fourth-order valence-corrected chi connectivity index (χ4v) is 6.18. The van der Waals surface area contributed by atoms with Crippen molar-refractivity contribution < 1.29 is 36.6 Å². The van der Waals surface area contributed by atoms with Crippen LogP contribution in [0.2, 0.25) is 25.7 Å². The molecule has 45 heavy (non-hydrogen) atoms. The Morgan fingerprint density at radius 3 is 2.29 bits per heavy atom. The molecule has 1 aliphatic heterocycles. The number of piperidine rings is 1. The molecule has 1 unspecified atom stereocenters. The SMILES string of the molecule is CC(OCC1(c2ccc(F)cc2)CCN(C(=O)OC(C)(C)C)CC1)c1cc(C(F)(F)F)cc2cn(COCC[Si](C)(C)C)nc12. The smallest absolute Gasteiger partial charge is 0.416 e. The molecule has 0 saturated carbocycles. The average Bonchev–Trinajstić information content (AvgIpc) is 3.35. The van der Waals surface area contributed by atoms with Gasteiger partial charge in [0.15, 0.2) is 0 Å². The van der Waals surface area contributed by atoms with Gasteiger partial charge >= 0.3 is 12.3 Å². The number of aromatic nitrogens is 2. The van der Waals surface area contributed by atoms with Gasteiger partial charge in [-0.25, -0.2) is 13.9 Å². The van der Waals surface area contributed by atoms with Crippen molar-refractivity contribution in [2.75, 3.05) is 26.3 Å². The van der Waals surface area contributed by atoms with Gasteiger partial charge < -0.3 is 19.1 Å². The number of fused-ring (bicyclic) bond motifs is 1. The molecule has 1 saturated heterocycles. The molecule has 0 aliphatic carbocycles. The minimum atomic E-state index is -4.55. The topological polar surface area (TPSA) is 65.8 Å². The van der Waals surface area contributed by atoms with Crippen molar-refractivity contribution in [3.05, 3.63) is 65.1 Å². The summed E-state index contributed by atoms with van der Waals surface area (Å²) < 4.78 is 75.0. The highest BCUT2D eigenvalue weighted by molar-refractivity contribution is 6.76. The Labute approximate surface area is 263 Å². The van der Waals surface area contributed by atoms with Crippen molar-refractivity contribution in [1.29, 1.82) is 0 Å². The molecular weight excluding hydrogens is 606 g/mol. The van der Waals surface area contributed by atoms with E-state index in [1.54, 1.807) is 30.2 Å². The number of carbonyl (C=O) groups excluding carboxylic acids is 1. The molecule has 3 aromatic rings. The molecule has 2 aromatic carbocycles. The first kappa shape index (κ1) is 34.9. The van der Waals surface area contributed by atoms with Gasteiger partial charge in [-0.3, -0.25) is 0 Å². The molecule has 4 rings (SSSR count). The van der Waals surface area contributed by atoms with Crippen molar-refractivity contribution >= 4 is 25.1 Å². The summed E-state index contributed by atoms with van der Waals surface area (Å²) in [6.45, 7) is 15.5. The lowest BCUT2D eigenvalue weighted by atomic mass is 9.73. The summed E-state index contributed by atoms with van der Waals surface area (Å²) in [6.07, 6.45) is -3.12. The van der Waals surface area contributed by atoms with Crippen molar-refractivity contribution in [3.63, 3.8) is 0 Å². The van der Waals surface area contributed by atoms with E-state index in [0.717, 1.165) is 23.7 Å². The maximum atomic E-state index is 14.0. The minimum absolute atomic E-state index is 0.136. The first-order valence-corrected chi connectivity index (χ1v) is 19.1. The van der Waals surface area contributed by atoms with Gasteiger partial charge in [-0.2, -0.15) is 18.3 Å². The number of carbonyl (C=O) groups is 1. The highest BCUT2D eigenvalue weighted by Gasteiger charge is 2.40. The third kappa shape index (κ3) is 9.29. The van der Waals surface area contributed by atoms with Crippen LogP contribution in [0.4, 0.5) is 22.4 Å².